The molecule has 2 rings (SSSR count). The van der Waals surface area contributed by atoms with Crippen molar-refractivity contribution in [2.75, 3.05) is 38.6 Å². The van der Waals surface area contributed by atoms with Gasteiger partial charge in [0, 0.05) is 25.3 Å². The molecule has 4 heteroatoms. The normalized spacial score (nSPS) is 16.7. The Morgan fingerprint density at radius 2 is 2.05 bits per heavy atom. The number of halogens is 1. The Bertz CT molecular complexity index is 471. The maximum atomic E-state index is 8.89. The van der Waals surface area contributed by atoms with Crippen LogP contribution in [0.4, 0.5) is 5.69 Å². The molecule has 0 radical (unpaired) electrons. The number of nitrogens with zero attached hydrogens (tertiary/aromatic N) is 3. The van der Waals surface area contributed by atoms with Crippen molar-refractivity contribution in [3.63, 3.8) is 0 Å². The number of piperidine rings is 1. The van der Waals surface area contributed by atoms with Gasteiger partial charge in [0.05, 0.1) is 10.6 Å². The Morgan fingerprint density at radius 3 is 2.58 bits per heavy atom. The number of hydrogen-bond acceptors (Lipinski definition) is 3. The molecule has 0 N–H and O–H groups in total. The molecule has 0 atom stereocenters. The van der Waals surface area contributed by atoms with E-state index in [-0.39, 0.29) is 0 Å². The second-order valence-corrected chi connectivity index (χ2v) is 5.88. The van der Waals surface area contributed by atoms with E-state index in [1.54, 1.807) is 0 Å². The third kappa shape index (κ3) is 3.62. The zero-order valence-electron chi connectivity index (χ0n) is 11.6. The van der Waals surface area contributed by atoms with Crippen LogP contribution in [-0.2, 0) is 0 Å². The minimum atomic E-state index is 0.549. The standard InChI is InChI=1S/C15H20ClN3/c1-18(2)11-12-5-7-19(8-6-12)14-4-3-13(10-17)15(16)9-14/h3-4,9,12H,5-8,11H2,1-2H3. The molecule has 102 valence electrons. The molecular weight excluding hydrogens is 258 g/mol. The van der Waals surface area contributed by atoms with Gasteiger partial charge in [-0.25, -0.2) is 0 Å². The first-order valence-corrected chi connectivity index (χ1v) is 7.07. The molecular formula is C15H20ClN3. The molecule has 0 unspecified atom stereocenters. The summed E-state index contributed by atoms with van der Waals surface area (Å²) in [4.78, 5) is 4.62. The summed E-state index contributed by atoms with van der Waals surface area (Å²) in [6.07, 6.45) is 2.44. The van der Waals surface area contributed by atoms with Crippen LogP contribution in [0.2, 0.25) is 5.02 Å². The minimum Gasteiger partial charge on any atom is -0.371 e. The van der Waals surface area contributed by atoms with Crippen molar-refractivity contribution in [2.45, 2.75) is 12.8 Å². The van der Waals surface area contributed by atoms with E-state index in [9.17, 15) is 0 Å². The van der Waals surface area contributed by atoms with E-state index in [4.69, 9.17) is 16.9 Å². The van der Waals surface area contributed by atoms with Crippen LogP contribution >= 0.6 is 11.6 Å². The van der Waals surface area contributed by atoms with Gasteiger partial charge in [0.25, 0.3) is 0 Å². The van der Waals surface area contributed by atoms with E-state index in [2.05, 4.69) is 30.0 Å². The first-order valence-electron chi connectivity index (χ1n) is 6.69. The van der Waals surface area contributed by atoms with Gasteiger partial charge in [0.1, 0.15) is 6.07 Å². The summed E-state index contributed by atoms with van der Waals surface area (Å²) in [7, 11) is 4.26. The van der Waals surface area contributed by atoms with Gasteiger partial charge in [-0.1, -0.05) is 11.6 Å². The number of hydrogen-bond donors (Lipinski definition) is 0. The van der Waals surface area contributed by atoms with Crippen LogP contribution in [0, 0.1) is 17.2 Å². The number of anilines is 1. The number of nitriles is 1. The molecule has 1 aromatic rings. The predicted molar refractivity (Wildman–Crippen MR) is 79.7 cm³/mol. The molecule has 3 nitrogen and oxygen atoms in total. The van der Waals surface area contributed by atoms with Crippen molar-refractivity contribution in [2.24, 2.45) is 5.92 Å². The van der Waals surface area contributed by atoms with E-state index in [1.165, 1.54) is 19.4 Å². The fourth-order valence-corrected chi connectivity index (χ4v) is 2.90. The molecule has 1 saturated heterocycles. The highest BCUT2D eigenvalue weighted by Crippen LogP contribution is 2.27. The Morgan fingerprint density at radius 1 is 1.37 bits per heavy atom. The lowest BCUT2D eigenvalue weighted by molar-refractivity contribution is 0.285. The second kappa shape index (κ2) is 6.27. The average molecular weight is 278 g/mol. The van der Waals surface area contributed by atoms with Crippen molar-refractivity contribution < 1.29 is 0 Å². The Hall–Kier alpha value is -1.24. The highest BCUT2D eigenvalue weighted by atomic mass is 35.5. The van der Waals surface area contributed by atoms with Gasteiger partial charge in [-0.2, -0.15) is 5.26 Å². The van der Waals surface area contributed by atoms with E-state index >= 15 is 0 Å². The third-order valence-electron chi connectivity index (χ3n) is 3.68. The summed E-state index contributed by atoms with van der Waals surface area (Å²) in [6, 6.07) is 7.81. The summed E-state index contributed by atoms with van der Waals surface area (Å²) in [5, 5.41) is 9.44. The molecule has 0 aliphatic carbocycles. The van der Waals surface area contributed by atoms with Gasteiger partial charge in [-0.3, -0.25) is 0 Å². The summed E-state index contributed by atoms with van der Waals surface area (Å²) >= 11 is 6.09. The Kier molecular flexibility index (Phi) is 4.68. The maximum Gasteiger partial charge on any atom is 0.101 e. The molecule has 1 aliphatic heterocycles. The molecule has 1 heterocycles. The maximum absolute atomic E-state index is 8.89. The molecule has 1 fully saturated rings. The molecule has 1 aliphatic rings. The van der Waals surface area contributed by atoms with E-state index < -0.39 is 0 Å². The monoisotopic (exact) mass is 277 g/mol. The van der Waals surface area contributed by atoms with Gasteiger partial charge in [0.2, 0.25) is 0 Å². The summed E-state index contributed by atoms with van der Waals surface area (Å²) < 4.78 is 0. The van der Waals surface area contributed by atoms with Gasteiger partial charge in [0.15, 0.2) is 0 Å². The fourth-order valence-electron chi connectivity index (χ4n) is 2.68. The average Bonchev–Trinajstić information content (AvgIpc) is 2.39. The Labute approximate surface area is 120 Å². The third-order valence-corrected chi connectivity index (χ3v) is 3.99. The zero-order chi connectivity index (χ0) is 13.8. The van der Waals surface area contributed by atoms with Crippen molar-refractivity contribution >= 4 is 17.3 Å². The molecule has 0 bridgehead atoms. The van der Waals surface area contributed by atoms with Gasteiger partial charge < -0.3 is 9.80 Å². The fraction of sp³-hybridized carbons (Fsp3) is 0.533. The Balaban J connectivity index is 1.98. The first kappa shape index (κ1) is 14.2. The molecule has 0 spiro atoms. The predicted octanol–water partition coefficient (Wildman–Crippen LogP) is 2.99. The molecule has 19 heavy (non-hydrogen) atoms. The van der Waals surface area contributed by atoms with Crippen LogP contribution in [0.5, 0.6) is 0 Å². The lowest BCUT2D eigenvalue weighted by atomic mass is 9.96. The van der Waals surface area contributed by atoms with Crippen LogP contribution in [0.1, 0.15) is 18.4 Å². The molecule has 0 aromatic heterocycles. The topological polar surface area (TPSA) is 30.3 Å². The van der Waals surface area contributed by atoms with Crippen molar-refractivity contribution in [3.8, 4) is 6.07 Å². The second-order valence-electron chi connectivity index (χ2n) is 5.47. The zero-order valence-corrected chi connectivity index (χ0v) is 12.3. The van der Waals surface area contributed by atoms with Gasteiger partial charge in [-0.05, 0) is 51.1 Å². The highest BCUT2D eigenvalue weighted by molar-refractivity contribution is 6.32. The molecule has 0 amide bonds. The lowest BCUT2D eigenvalue weighted by Crippen LogP contribution is -2.37. The summed E-state index contributed by atoms with van der Waals surface area (Å²) in [6.45, 7) is 3.31. The quantitative estimate of drug-likeness (QED) is 0.851. The SMILES string of the molecule is CN(C)CC1CCN(c2ccc(C#N)c(Cl)c2)CC1. The summed E-state index contributed by atoms with van der Waals surface area (Å²) in [5.74, 6) is 0.792. The van der Waals surface area contributed by atoms with E-state index in [1.807, 2.05) is 18.2 Å². The van der Waals surface area contributed by atoms with Gasteiger partial charge >= 0.3 is 0 Å². The lowest BCUT2D eigenvalue weighted by Gasteiger charge is -2.34. The first-order chi connectivity index (χ1) is 9.10. The van der Waals surface area contributed by atoms with Crippen molar-refractivity contribution in [1.29, 1.82) is 5.26 Å². The van der Waals surface area contributed by atoms with Crippen LogP contribution in [0.3, 0.4) is 0 Å². The highest BCUT2D eigenvalue weighted by Gasteiger charge is 2.20. The van der Waals surface area contributed by atoms with Crippen LogP contribution < -0.4 is 4.90 Å². The van der Waals surface area contributed by atoms with Crippen LogP contribution in [-0.4, -0.2) is 38.6 Å². The van der Waals surface area contributed by atoms with Gasteiger partial charge in [-0.15, -0.1) is 0 Å². The molecule has 1 aromatic carbocycles. The number of benzene rings is 1. The van der Waals surface area contributed by atoms with Crippen molar-refractivity contribution in [1.82, 2.24) is 4.90 Å². The van der Waals surface area contributed by atoms with E-state index in [0.29, 0.717) is 10.6 Å². The molecule has 0 saturated carbocycles. The summed E-state index contributed by atoms with van der Waals surface area (Å²) in [5.41, 5.74) is 1.68. The van der Waals surface area contributed by atoms with Crippen LogP contribution in [0.25, 0.3) is 0 Å². The minimum absolute atomic E-state index is 0.549. The largest absolute Gasteiger partial charge is 0.371 e. The van der Waals surface area contributed by atoms with Crippen LogP contribution in [0.15, 0.2) is 18.2 Å². The number of rotatable bonds is 3. The van der Waals surface area contributed by atoms with Crippen molar-refractivity contribution in [3.05, 3.63) is 28.8 Å². The van der Waals surface area contributed by atoms with E-state index in [0.717, 1.165) is 24.7 Å². The smallest absolute Gasteiger partial charge is 0.101 e.